The molecule has 2 aliphatic heterocycles. The van der Waals surface area contributed by atoms with E-state index in [0.717, 1.165) is 51.1 Å². The van der Waals surface area contributed by atoms with Crippen LogP contribution in [-0.4, -0.2) is 41.6 Å². The Balaban J connectivity index is 1.58. The van der Waals surface area contributed by atoms with E-state index in [0.29, 0.717) is 12.3 Å². The highest BCUT2D eigenvalue weighted by molar-refractivity contribution is 7.09. The fraction of sp³-hybridized carbons (Fsp3) is 0.733. The Morgan fingerprint density at radius 1 is 1.50 bits per heavy atom. The molecule has 1 amide bonds. The van der Waals surface area contributed by atoms with Crippen molar-refractivity contribution in [3.8, 4) is 0 Å². The Morgan fingerprint density at radius 3 is 3.10 bits per heavy atom. The number of hydrogen-bond donors (Lipinski definition) is 0. The van der Waals surface area contributed by atoms with Gasteiger partial charge in [-0.25, -0.2) is 4.98 Å². The molecule has 0 bridgehead atoms. The summed E-state index contributed by atoms with van der Waals surface area (Å²) in [4.78, 5) is 19.0. The molecule has 20 heavy (non-hydrogen) atoms. The van der Waals surface area contributed by atoms with Crippen LogP contribution in [0.25, 0.3) is 0 Å². The van der Waals surface area contributed by atoms with Gasteiger partial charge in [-0.05, 0) is 32.6 Å². The highest BCUT2D eigenvalue weighted by atomic mass is 32.1. The number of thiazole rings is 1. The number of hydrogen-bond acceptors (Lipinski definition) is 4. The van der Waals surface area contributed by atoms with Crippen molar-refractivity contribution in [3.05, 3.63) is 16.1 Å². The number of likely N-dealkylation sites (tertiary alicyclic amines) is 1. The molecule has 110 valence electrons. The Morgan fingerprint density at radius 2 is 2.40 bits per heavy atom. The first kappa shape index (κ1) is 14.0. The summed E-state index contributed by atoms with van der Waals surface area (Å²) in [5, 5.41) is 3.29. The molecule has 0 radical (unpaired) electrons. The lowest BCUT2D eigenvalue weighted by Gasteiger charge is -2.32. The molecule has 2 atom stereocenters. The zero-order valence-electron chi connectivity index (χ0n) is 12.0. The molecule has 1 aromatic rings. The van der Waals surface area contributed by atoms with Gasteiger partial charge in [-0.1, -0.05) is 0 Å². The molecule has 0 aliphatic carbocycles. The van der Waals surface area contributed by atoms with Crippen LogP contribution in [0.2, 0.25) is 0 Å². The molecule has 0 N–H and O–H groups in total. The van der Waals surface area contributed by atoms with Crippen molar-refractivity contribution >= 4 is 17.2 Å². The summed E-state index contributed by atoms with van der Waals surface area (Å²) in [6.45, 7) is 4.58. The molecule has 3 heterocycles. The summed E-state index contributed by atoms with van der Waals surface area (Å²) in [6.07, 6.45) is 5.08. The van der Waals surface area contributed by atoms with Gasteiger partial charge in [-0.2, -0.15) is 0 Å². The third kappa shape index (κ3) is 3.20. The van der Waals surface area contributed by atoms with Crippen LogP contribution in [0.15, 0.2) is 5.38 Å². The van der Waals surface area contributed by atoms with Gasteiger partial charge in [0.2, 0.25) is 5.91 Å². The molecule has 0 spiro atoms. The summed E-state index contributed by atoms with van der Waals surface area (Å²) < 4.78 is 5.57. The summed E-state index contributed by atoms with van der Waals surface area (Å²) in [6, 6.07) is 0. The maximum Gasteiger partial charge on any atom is 0.225 e. The van der Waals surface area contributed by atoms with E-state index in [-0.39, 0.29) is 12.0 Å². The highest BCUT2D eigenvalue weighted by Gasteiger charge is 2.28. The van der Waals surface area contributed by atoms with Crippen molar-refractivity contribution < 1.29 is 9.53 Å². The Kier molecular flexibility index (Phi) is 4.36. The predicted molar refractivity (Wildman–Crippen MR) is 79.0 cm³/mol. The van der Waals surface area contributed by atoms with E-state index in [1.807, 2.05) is 11.8 Å². The Labute approximate surface area is 124 Å². The second-order valence-electron chi connectivity index (χ2n) is 5.85. The van der Waals surface area contributed by atoms with Gasteiger partial charge in [0.15, 0.2) is 0 Å². The zero-order valence-corrected chi connectivity index (χ0v) is 12.8. The fourth-order valence-electron chi connectivity index (χ4n) is 3.09. The van der Waals surface area contributed by atoms with Crippen molar-refractivity contribution in [2.45, 2.75) is 51.0 Å². The third-order valence-electron chi connectivity index (χ3n) is 4.19. The quantitative estimate of drug-likeness (QED) is 0.861. The first-order valence-corrected chi connectivity index (χ1v) is 8.42. The van der Waals surface area contributed by atoms with Gasteiger partial charge in [0.1, 0.15) is 0 Å². The Bertz CT molecular complexity index is 468. The Hall–Kier alpha value is -0.940. The van der Waals surface area contributed by atoms with Crippen LogP contribution < -0.4 is 0 Å². The fourth-order valence-corrected chi connectivity index (χ4v) is 4.02. The maximum atomic E-state index is 12.4. The van der Waals surface area contributed by atoms with E-state index in [1.54, 1.807) is 11.3 Å². The van der Waals surface area contributed by atoms with Gasteiger partial charge in [-0.15, -0.1) is 11.3 Å². The smallest absolute Gasteiger partial charge is 0.225 e. The molecule has 2 fully saturated rings. The monoisotopic (exact) mass is 294 g/mol. The second-order valence-corrected chi connectivity index (χ2v) is 6.73. The van der Waals surface area contributed by atoms with Crippen molar-refractivity contribution in [1.29, 1.82) is 0 Å². The van der Waals surface area contributed by atoms with Gasteiger partial charge in [0.25, 0.3) is 0 Å². The first-order valence-electron chi connectivity index (χ1n) is 7.54. The largest absolute Gasteiger partial charge is 0.378 e. The topological polar surface area (TPSA) is 42.4 Å². The van der Waals surface area contributed by atoms with Crippen LogP contribution >= 0.6 is 11.3 Å². The molecular formula is C15H22N2O2S. The van der Waals surface area contributed by atoms with Crippen LogP contribution in [0.5, 0.6) is 0 Å². The van der Waals surface area contributed by atoms with E-state index in [4.69, 9.17) is 4.74 Å². The van der Waals surface area contributed by atoms with Crippen LogP contribution in [-0.2, 0) is 9.53 Å². The van der Waals surface area contributed by atoms with E-state index in [2.05, 4.69) is 10.4 Å². The molecule has 3 rings (SSSR count). The number of piperidine rings is 1. The van der Waals surface area contributed by atoms with Gasteiger partial charge in [0.05, 0.1) is 17.5 Å². The lowest BCUT2D eigenvalue weighted by Crippen LogP contribution is -2.40. The van der Waals surface area contributed by atoms with Crippen molar-refractivity contribution in [2.75, 3.05) is 19.7 Å². The lowest BCUT2D eigenvalue weighted by molar-refractivity contribution is -0.134. The number of ether oxygens (including phenoxy) is 1. The summed E-state index contributed by atoms with van der Waals surface area (Å²) in [5.74, 6) is 0.686. The average Bonchev–Trinajstić information content (AvgIpc) is 3.10. The minimum atomic E-state index is 0.157. The molecule has 2 aliphatic rings. The lowest BCUT2D eigenvalue weighted by atomic mass is 9.98. The van der Waals surface area contributed by atoms with Crippen LogP contribution in [0, 0.1) is 6.92 Å². The van der Waals surface area contributed by atoms with Crippen molar-refractivity contribution in [2.24, 2.45) is 0 Å². The van der Waals surface area contributed by atoms with Crippen LogP contribution in [0.4, 0.5) is 0 Å². The normalized spacial score (nSPS) is 26.9. The molecule has 0 unspecified atom stereocenters. The second kappa shape index (κ2) is 6.22. The highest BCUT2D eigenvalue weighted by Crippen LogP contribution is 2.29. The zero-order chi connectivity index (χ0) is 13.9. The van der Waals surface area contributed by atoms with E-state index in [1.165, 1.54) is 5.01 Å². The number of rotatable bonds is 3. The standard InChI is InChI=1S/C15H22N2O2S/c1-11-10-20-15(16-11)12-4-2-6-17(9-12)14(18)8-13-5-3-7-19-13/h10,12-13H,2-9H2,1H3/t12-,13-/m1/s1. The van der Waals surface area contributed by atoms with Gasteiger partial charge < -0.3 is 9.64 Å². The maximum absolute atomic E-state index is 12.4. The molecule has 0 saturated carbocycles. The van der Waals surface area contributed by atoms with Gasteiger partial charge >= 0.3 is 0 Å². The summed E-state index contributed by atoms with van der Waals surface area (Å²) >= 11 is 1.73. The molecule has 0 aromatic carbocycles. The summed E-state index contributed by atoms with van der Waals surface area (Å²) in [7, 11) is 0. The van der Waals surface area contributed by atoms with Crippen molar-refractivity contribution in [1.82, 2.24) is 9.88 Å². The molecule has 5 heteroatoms. The summed E-state index contributed by atoms with van der Waals surface area (Å²) in [5.41, 5.74) is 1.09. The molecule has 2 saturated heterocycles. The SMILES string of the molecule is Cc1csc([C@@H]2CCCN(C(=O)C[C@H]3CCCO3)C2)n1. The van der Waals surface area contributed by atoms with Gasteiger partial charge in [0, 0.05) is 36.7 Å². The van der Waals surface area contributed by atoms with Crippen LogP contribution in [0.1, 0.15) is 48.7 Å². The number of nitrogens with zero attached hydrogens (tertiary/aromatic N) is 2. The van der Waals surface area contributed by atoms with E-state index >= 15 is 0 Å². The van der Waals surface area contributed by atoms with E-state index in [9.17, 15) is 4.79 Å². The minimum Gasteiger partial charge on any atom is -0.378 e. The van der Waals surface area contributed by atoms with E-state index < -0.39 is 0 Å². The minimum absolute atomic E-state index is 0.157. The molecular weight excluding hydrogens is 272 g/mol. The third-order valence-corrected chi connectivity index (χ3v) is 5.31. The number of carbonyl (C=O) groups is 1. The predicted octanol–water partition coefficient (Wildman–Crippen LogP) is 2.73. The van der Waals surface area contributed by atoms with Gasteiger partial charge in [-0.3, -0.25) is 4.79 Å². The number of amides is 1. The molecule has 1 aromatic heterocycles. The molecule has 4 nitrogen and oxygen atoms in total. The van der Waals surface area contributed by atoms with Crippen molar-refractivity contribution in [3.63, 3.8) is 0 Å². The number of aryl methyl sites for hydroxylation is 1. The first-order chi connectivity index (χ1) is 9.72. The average molecular weight is 294 g/mol. The number of carbonyl (C=O) groups excluding carboxylic acids is 1. The van der Waals surface area contributed by atoms with Crippen LogP contribution in [0.3, 0.4) is 0 Å². The number of aromatic nitrogens is 1.